The summed E-state index contributed by atoms with van der Waals surface area (Å²) in [6.45, 7) is 5.20. The van der Waals surface area contributed by atoms with Crippen molar-refractivity contribution >= 4 is 17.6 Å². The Morgan fingerprint density at radius 3 is 2.82 bits per heavy atom. The second kappa shape index (κ2) is 10.1. The number of methoxy groups -OCH3 is 1. The summed E-state index contributed by atoms with van der Waals surface area (Å²) in [6, 6.07) is 8.18. The van der Waals surface area contributed by atoms with Gasteiger partial charge in [-0.15, -0.1) is 10.2 Å². The van der Waals surface area contributed by atoms with Crippen molar-refractivity contribution in [2.75, 3.05) is 25.6 Å². The Morgan fingerprint density at radius 1 is 1.24 bits per heavy atom. The summed E-state index contributed by atoms with van der Waals surface area (Å²) in [7, 11) is 1.55. The number of halogens is 1. The predicted molar refractivity (Wildman–Crippen MR) is 124 cm³/mol. The minimum Gasteiger partial charge on any atom is -0.384 e. The van der Waals surface area contributed by atoms with Gasteiger partial charge in [-0.25, -0.2) is 9.37 Å². The molecule has 3 heterocycles. The maximum Gasteiger partial charge on any atom is 0.259 e. The normalized spacial score (nSPS) is 13.1. The summed E-state index contributed by atoms with van der Waals surface area (Å²) in [5.41, 5.74) is 2.01. The van der Waals surface area contributed by atoms with Crippen molar-refractivity contribution in [2.24, 2.45) is 0 Å². The molecule has 2 aromatic heterocycles. The third-order valence-corrected chi connectivity index (χ3v) is 5.77. The minimum absolute atomic E-state index is 0.0295. The minimum atomic E-state index is -0.613. The van der Waals surface area contributed by atoms with E-state index in [0.29, 0.717) is 37.6 Å². The number of ether oxygens (including phenoxy) is 1. The Balaban J connectivity index is 1.53. The second-order valence-electron chi connectivity index (χ2n) is 8.43. The van der Waals surface area contributed by atoms with Gasteiger partial charge in [0.1, 0.15) is 23.7 Å². The average molecular weight is 467 g/mol. The maximum atomic E-state index is 14.8. The van der Waals surface area contributed by atoms with Crippen LogP contribution in [0.3, 0.4) is 0 Å². The van der Waals surface area contributed by atoms with Gasteiger partial charge in [-0.3, -0.25) is 9.59 Å². The molecule has 0 atom stereocenters. The quantitative estimate of drug-likeness (QED) is 0.574. The smallest absolute Gasteiger partial charge is 0.259 e. The SMILES string of the molecule is COCCC(=O)N1CCc2cc(F)c(C(=O)Nc3cccc(-c4nncn4C(C)C)n3)cc2C1. The van der Waals surface area contributed by atoms with E-state index in [9.17, 15) is 14.0 Å². The lowest BCUT2D eigenvalue weighted by molar-refractivity contribution is -0.133. The van der Waals surface area contributed by atoms with Crippen LogP contribution in [0.15, 0.2) is 36.7 Å². The first kappa shape index (κ1) is 23.5. The lowest BCUT2D eigenvalue weighted by Crippen LogP contribution is -2.36. The fourth-order valence-corrected chi connectivity index (χ4v) is 3.93. The number of nitrogens with zero attached hydrogens (tertiary/aromatic N) is 5. The summed E-state index contributed by atoms with van der Waals surface area (Å²) in [6.07, 6.45) is 2.44. The molecular formula is C24H27FN6O3. The van der Waals surface area contributed by atoms with E-state index in [0.717, 1.165) is 11.1 Å². The van der Waals surface area contributed by atoms with Crippen LogP contribution in [0, 0.1) is 5.82 Å². The average Bonchev–Trinajstić information content (AvgIpc) is 3.32. The molecule has 0 saturated carbocycles. The molecule has 0 aliphatic carbocycles. The Labute approximate surface area is 197 Å². The standard InChI is InChI=1S/C24H27FN6O3/c1-15(2)31-14-26-29-23(31)20-5-4-6-21(27-20)28-24(33)18-11-17-13-30(22(32)8-10-34-3)9-7-16(17)12-19(18)25/h4-6,11-12,14-15H,7-10,13H2,1-3H3,(H,27,28,33). The molecule has 0 saturated heterocycles. The van der Waals surface area contributed by atoms with Crippen molar-refractivity contribution in [3.05, 3.63) is 59.2 Å². The van der Waals surface area contributed by atoms with E-state index in [2.05, 4.69) is 20.5 Å². The maximum absolute atomic E-state index is 14.8. The van der Waals surface area contributed by atoms with Crippen LogP contribution in [0.25, 0.3) is 11.5 Å². The van der Waals surface area contributed by atoms with Gasteiger partial charge in [0.25, 0.3) is 5.91 Å². The molecule has 1 aromatic carbocycles. The molecule has 0 bridgehead atoms. The van der Waals surface area contributed by atoms with Crippen LogP contribution in [0.1, 0.15) is 47.8 Å². The fraction of sp³-hybridized carbons (Fsp3) is 0.375. The monoisotopic (exact) mass is 466 g/mol. The Morgan fingerprint density at radius 2 is 2.06 bits per heavy atom. The zero-order chi connectivity index (χ0) is 24.2. The first-order chi connectivity index (χ1) is 16.4. The molecule has 0 radical (unpaired) electrons. The first-order valence-electron chi connectivity index (χ1n) is 11.1. The number of fused-ring (bicyclic) bond motifs is 1. The molecule has 1 aliphatic heterocycles. The number of hydrogen-bond donors (Lipinski definition) is 1. The van der Waals surface area contributed by atoms with Crippen molar-refractivity contribution < 1.29 is 18.7 Å². The van der Waals surface area contributed by atoms with Crippen molar-refractivity contribution in [2.45, 2.75) is 39.3 Å². The molecule has 178 valence electrons. The van der Waals surface area contributed by atoms with Gasteiger partial charge < -0.3 is 19.5 Å². The number of pyridine rings is 1. The van der Waals surface area contributed by atoms with Crippen molar-refractivity contribution in [3.8, 4) is 11.5 Å². The number of carbonyl (C=O) groups excluding carboxylic acids is 2. The Bertz CT molecular complexity index is 1210. The van der Waals surface area contributed by atoms with E-state index in [1.165, 1.54) is 12.1 Å². The Hall–Kier alpha value is -3.66. The van der Waals surface area contributed by atoms with Gasteiger partial charge in [0.05, 0.1) is 18.6 Å². The molecule has 0 fully saturated rings. The number of aromatic nitrogens is 4. The predicted octanol–water partition coefficient (Wildman–Crippen LogP) is 3.23. The topological polar surface area (TPSA) is 102 Å². The van der Waals surface area contributed by atoms with E-state index in [1.54, 1.807) is 36.5 Å². The molecule has 1 aliphatic rings. The molecule has 2 amide bonds. The number of hydrogen-bond acceptors (Lipinski definition) is 6. The van der Waals surface area contributed by atoms with Crippen LogP contribution in [-0.2, 0) is 22.5 Å². The van der Waals surface area contributed by atoms with Gasteiger partial charge in [-0.05, 0) is 55.7 Å². The van der Waals surface area contributed by atoms with Gasteiger partial charge in [0, 0.05) is 26.2 Å². The highest BCUT2D eigenvalue weighted by Crippen LogP contribution is 2.25. The summed E-state index contributed by atoms with van der Waals surface area (Å²) < 4.78 is 21.7. The summed E-state index contributed by atoms with van der Waals surface area (Å²) >= 11 is 0. The van der Waals surface area contributed by atoms with Gasteiger partial charge >= 0.3 is 0 Å². The van der Waals surface area contributed by atoms with Gasteiger partial charge in [-0.1, -0.05) is 6.07 Å². The highest BCUT2D eigenvalue weighted by molar-refractivity contribution is 6.04. The number of carbonyl (C=O) groups is 2. The zero-order valence-electron chi connectivity index (χ0n) is 19.4. The van der Waals surface area contributed by atoms with E-state index >= 15 is 0 Å². The molecule has 4 rings (SSSR count). The third-order valence-electron chi connectivity index (χ3n) is 5.77. The molecule has 9 nitrogen and oxygen atoms in total. The van der Waals surface area contributed by atoms with Gasteiger partial charge in [0.15, 0.2) is 5.82 Å². The van der Waals surface area contributed by atoms with Crippen LogP contribution >= 0.6 is 0 Å². The lowest BCUT2D eigenvalue weighted by atomic mass is 9.96. The van der Waals surface area contributed by atoms with Crippen molar-refractivity contribution in [3.63, 3.8) is 0 Å². The molecule has 34 heavy (non-hydrogen) atoms. The van der Waals surface area contributed by atoms with E-state index in [4.69, 9.17) is 4.74 Å². The number of nitrogens with one attached hydrogen (secondary N) is 1. The number of anilines is 1. The molecule has 0 unspecified atom stereocenters. The zero-order valence-corrected chi connectivity index (χ0v) is 19.4. The third kappa shape index (κ3) is 4.96. The van der Waals surface area contributed by atoms with E-state index < -0.39 is 11.7 Å². The Kier molecular flexibility index (Phi) is 6.97. The molecule has 1 N–H and O–H groups in total. The lowest BCUT2D eigenvalue weighted by Gasteiger charge is -2.29. The van der Waals surface area contributed by atoms with Crippen molar-refractivity contribution in [1.29, 1.82) is 0 Å². The fourth-order valence-electron chi connectivity index (χ4n) is 3.93. The van der Waals surface area contributed by atoms with Crippen LogP contribution in [0.2, 0.25) is 0 Å². The summed E-state index contributed by atoms with van der Waals surface area (Å²) in [4.78, 5) is 31.5. The number of amides is 2. The van der Waals surface area contributed by atoms with Crippen molar-refractivity contribution in [1.82, 2.24) is 24.6 Å². The van der Waals surface area contributed by atoms with Crippen LogP contribution in [-0.4, -0.2) is 56.7 Å². The van der Waals surface area contributed by atoms with Crippen LogP contribution in [0.4, 0.5) is 10.2 Å². The van der Waals surface area contributed by atoms with Crippen LogP contribution in [0.5, 0.6) is 0 Å². The number of rotatable bonds is 7. The number of benzene rings is 1. The molecule has 10 heteroatoms. The molecule has 0 spiro atoms. The second-order valence-corrected chi connectivity index (χ2v) is 8.43. The van der Waals surface area contributed by atoms with Crippen LogP contribution < -0.4 is 5.32 Å². The van der Waals surface area contributed by atoms with E-state index in [1.807, 2.05) is 18.4 Å². The largest absolute Gasteiger partial charge is 0.384 e. The van der Waals surface area contributed by atoms with Gasteiger partial charge in [-0.2, -0.15) is 0 Å². The highest BCUT2D eigenvalue weighted by atomic mass is 19.1. The highest BCUT2D eigenvalue weighted by Gasteiger charge is 2.24. The summed E-state index contributed by atoms with van der Waals surface area (Å²) in [5, 5.41) is 10.7. The first-order valence-corrected chi connectivity index (χ1v) is 11.1. The van der Waals surface area contributed by atoms with E-state index in [-0.39, 0.29) is 29.8 Å². The summed E-state index contributed by atoms with van der Waals surface area (Å²) in [5.74, 6) is -0.402. The molecule has 3 aromatic rings. The van der Waals surface area contributed by atoms with Gasteiger partial charge in [0.2, 0.25) is 5.91 Å². The molecular weight excluding hydrogens is 439 g/mol.